The Morgan fingerprint density at radius 3 is 1.58 bits per heavy atom. The molecule has 0 rings (SSSR count). The van der Waals surface area contributed by atoms with Crippen LogP contribution < -0.4 is 5.32 Å². The minimum atomic E-state index is 0.178. The topological polar surface area (TPSA) is 12.0 Å². The van der Waals surface area contributed by atoms with Gasteiger partial charge >= 0.3 is 0 Å². The lowest BCUT2D eigenvalue weighted by atomic mass is 9.89. The van der Waals surface area contributed by atoms with Crippen molar-refractivity contribution in [2.24, 2.45) is 5.41 Å². The second kappa shape index (κ2) is 3.79. The fourth-order valence-corrected chi connectivity index (χ4v) is 1.28. The number of allylic oxidation sites excluding steroid dienone is 3. The Hall–Kier alpha value is -0.720. The first-order chi connectivity index (χ1) is 5.25. The monoisotopic (exact) mass is 167 g/mol. The second-order valence-corrected chi connectivity index (χ2v) is 4.53. The second-order valence-electron chi connectivity index (χ2n) is 4.53. The van der Waals surface area contributed by atoms with Crippen molar-refractivity contribution in [2.45, 2.75) is 41.5 Å². The van der Waals surface area contributed by atoms with Crippen molar-refractivity contribution in [3.8, 4) is 0 Å². The van der Waals surface area contributed by atoms with Crippen molar-refractivity contribution in [3.05, 3.63) is 23.5 Å². The number of rotatable bonds is 2. The van der Waals surface area contributed by atoms with Crippen LogP contribution in [0.2, 0.25) is 0 Å². The Morgan fingerprint density at radius 2 is 1.50 bits per heavy atom. The van der Waals surface area contributed by atoms with Gasteiger partial charge in [0.1, 0.15) is 0 Å². The minimum Gasteiger partial charge on any atom is -0.363 e. The fraction of sp³-hybridized carbons (Fsp3) is 0.636. The van der Waals surface area contributed by atoms with E-state index < -0.39 is 0 Å². The third-order valence-electron chi connectivity index (χ3n) is 1.59. The van der Waals surface area contributed by atoms with Gasteiger partial charge in [0.2, 0.25) is 0 Å². The zero-order chi connectivity index (χ0) is 9.94. The first-order valence-electron chi connectivity index (χ1n) is 4.35. The summed E-state index contributed by atoms with van der Waals surface area (Å²) in [5.74, 6) is 0. The highest BCUT2D eigenvalue weighted by molar-refractivity contribution is 5.18. The fourth-order valence-electron chi connectivity index (χ4n) is 1.28. The lowest BCUT2D eigenvalue weighted by Gasteiger charge is -2.26. The summed E-state index contributed by atoms with van der Waals surface area (Å²) >= 11 is 0. The van der Waals surface area contributed by atoms with Crippen molar-refractivity contribution >= 4 is 0 Å². The number of nitrogens with one attached hydrogen (secondary N) is 1. The Bertz CT molecular complexity index is 200. The van der Waals surface area contributed by atoms with Crippen molar-refractivity contribution in [1.82, 2.24) is 5.32 Å². The van der Waals surface area contributed by atoms with Crippen molar-refractivity contribution < 1.29 is 0 Å². The molecule has 0 radical (unpaired) electrons. The lowest BCUT2D eigenvalue weighted by molar-refractivity contribution is 0.468. The standard InChI is InChI=1S/C11H21N/c1-8(2)10(11(5,6)7)12-9(3)4/h12H,3H2,1-2,4-7H3. The van der Waals surface area contributed by atoms with Gasteiger partial charge in [-0.15, -0.1) is 0 Å². The van der Waals surface area contributed by atoms with E-state index in [2.05, 4.69) is 46.5 Å². The van der Waals surface area contributed by atoms with Crippen LogP contribution in [0.4, 0.5) is 0 Å². The van der Waals surface area contributed by atoms with Crippen molar-refractivity contribution in [3.63, 3.8) is 0 Å². The average Bonchev–Trinajstić information content (AvgIpc) is 1.79. The van der Waals surface area contributed by atoms with Gasteiger partial charge < -0.3 is 5.32 Å². The maximum Gasteiger partial charge on any atom is 0.0189 e. The predicted molar refractivity (Wildman–Crippen MR) is 55.8 cm³/mol. The quantitative estimate of drug-likeness (QED) is 0.664. The van der Waals surface area contributed by atoms with Gasteiger partial charge in [-0.05, 0) is 20.8 Å². The summed E-state index contributed by atoms with van der Waals surface area (Å²) in [6, 6.07) is 0. The van der Waals surface area contributed by atoms with Gasteiger partial charge in [0, 0.05) is 16.8 Å². The SMILES string of the molecule is C=C(C)NC(=C(C)C)C(C)(C)C. The molecule has 0 saturated heterocycles. The highest BCUT2D eigenvalue weighted by Gasteiger charge is 2.17. The molecule has 0 bridgehead atoms. The summed E-state index contributed by atoms with van der Waals surface area (Å²) in [7, 11) is 0. The van der Waals surface area contributed by atoms with Crippen LogP contribution in [-0.4, -0.2) is 0 Å². The van der Waals surface area contributed by atoms with Crippen LogP contribution >= 0.6 is 0 Å². The third kappa shape index (κ3) is 3.61. The summed E-state index contributed by atoms with van der Waals surface area (Å²) in [5, 5.41) is 3.30. The molecule has 0 heterocycles. The molecule has 0 aromatic rings. The molecule has 1 nitrogen and oxygen atoms in total. The first-order valence-corrected chi connectivity index (χ1v) is 4.35. The Morgan fingerprint density at radius 1 is 1.08 bits per heavy atom. The summed E-state index contributed by atoms with van der Waals surface area (Å²) in [6.45, 7) is 16.7. The molecular weight excluding hydrogens is 146 g/mol. The highest BCUT2D eigenvalue weighted by Crippen LogP contribution is 2.26. The number of hydrogen-bond donors (Lipinski definition) is 1. The Labute approximate surface area is 76.6 Å². The van der Waals surface area contributed by atoms with Gasteiger partial charge in [0.25, 0.3) is 0 Å². The van der Waals surface area contributed by atoms with Crippen LogP contribution in [0.1, 0.15) is 41.5 Å². The van der Waals surface area contributed by atoms with Gasteiger partial charge in [0.05, 0.1) is 0 Å². The van der Waals surface area contributed by atoms with Crippen LogP contribution in [-0.2, 0) is 0 Å². The molecule has 0 saturated carbocycles. The van der Waals surface area contributed by atoms with Gasteiger partial charge in [0.15, 0.2) is 0 Å². The van der Waals surface area contributed by atoms with Gasteiger partial charge in [-0.25, -0.2) is 0 Å². The van der Waals surface area contributed by atoms with E-state index in [0.717, 1.165) is 5.70 Å². The van der Waals surface area contributed by atoms with E-state index in [1.165, 1.54) is 11.3 Å². The Kier molecular flexibility index (Phi) is 3.56. The van der Waals surface area contributed by atoms with Crippen LogP contribution in [0.5, 0.6) is 0 Å². The lowest BCUT2D eigenvalue weighted by Crippen LogP contribution is -2.23. The zero-order valence-electron chi connectivity index (χ0n) is 9.21. The molecule has 0 aliphatic heterocycles. The molecular formula is C11H21N. The molecule has 0 aliphatic rings. The molecule has 0 aromatic heterocycles. The van der Waals surface area contributed by atoms with E-state index in [0.29, 0.717) is 0 Å². The molecule has 70 valence electrons. The molecule has 0 aromatic carbocycles. The molecule has 0 unspecified atom stereocenters. The molecule has 0 aliphatic carbocycles. The average molecular weight is 167 g/mol. The van der Waals surface area contributed by atoms with Gasteiger partial charge in [-0.2, -0.15) is 0 Å². The van der Waals surface area contributed by atoms with Gasteiger partial charge in [-0.3, -0.25) is 0 Å². The largest absolute Gasteiger partial charge is 0.363 e. The number of hydrogen-bond acceptors (Lipinski definition) is 1. The highest BCUT2D eigenvalue weighted by atomic mass is 14.9. The summed E-state index contributed by atoms with van der Waals surface area (Å²) < 4.78 is 0. The molecule has 0 fully saturated rings. The maximum atomic E-state index is 3.85. The summed E-state index contributed by atoms with van der Waals surface area (Å²) in [6.07, 6.45) is 0. The normalized spacial score (nSPS) is 10.8. The maximum absolute atomic E-state index is 3.85. The molecule has 1 N–H and O–H groups in total. The van der Waals surface area contributed by atoms with Crippen molar-refractivity contribution in [1.29, 1.82) is 0 Å². The van der Waals surface area contributed by atoms with Crippen LogP contribution in [0.25, 0.3) is 0 Å². The first kappa shape index (κ1) is 11.3. The van der Waals surface area contributed by atoms with E-state index >= 15 is 0 Å². The summed E-state index contributed by atoms with van der Waals surface area (Å²) in [4.78, 5) is 0. The smallest absolute Gasteiger partial charge is 0.0189 e. The predicted octanol–water partition coefficient (Wildman–Crippen LogP) is 3.45. The van der Waals surface area contributed by atoms with E-state index in [1.54, 1.807) is 0 Å². The molecule has 0 atom stereocenters. The zero-order valence-corrected chi connectivity index (χ0v) is 9.21. The molecule has 12 heavy (non-hydrogen) atoms. The molecule has 1 heteroatoms. The minimum absolute atomic E-state index is 0.178. The van der Waals surface area contributed by atoms with Crippen molar-refractivity contribution in [2.75, 3.05) is 0 Å². The Balaban J connectivity index is 4.72. The van der Waals surface area contributed by atoms with Crippen LogP contribution in [0.15, 0.2) is 23.5 Å². The summed E-state index contributed by atoms with van der Waals surface area (Å²) in [5.41, 5.74) is 3.78. The molecule has 0 amide bonds. The van der Waals surface area contributed by atoms with Crippen LogP contribution in [0, 0.1) is 5.41 Å². The molecule has 0 spiro atoms. The van der Waals surface area contributed by atoms with E-state index in [4.69, 9.17) is 0 Å². The van der Waals surface area contributed by atoms with E-state index in [-0.39, 0.29) is 5.41 Å². The van der Waals surface area contributed by atoms with E-state index in [1.807, 2.05) is 6.92 Å². The van der Waals surface area contributed by atoms with Gasteiger partial charge in [-0.1, -0.05) is 32.9 Å². The van der Waals surface area contributed by atoms with Crippen LogP contribution in [0.3, 0.4) is 0 Å². The van der Waals surface area contributed by atoms with E-state index in [9.17, 15) is 0 Å². The third-order valence-corrected chi connectivity index (χ3v) is 1.59.